The topological polar surface area (TPSA) is 39.7 Å². The number of benzene rings is 2. The van der Waals surface area contributed by atoms with Crippen molar-refractivity contribution in [2.75, 3.05) is 21.3 Å². The lowest BCUT2D eigenvalue weighted by atomic mass is 10.1. The molecule has 0 aliphatic carbocycles. The van der Waals surface area contributed by atoms with E-state index >= 15 is 0 Å². The third-order valence-corrected chi connectivity index (χ3v) is 4.15. The number of methoxy groups -OCH3 is 3. The maximum Gasteiger partial charge on any atom is 0.203 e. The number of nitrogens with one attached hydrogen (secondary N) is 1. The van der Waals surface area contributed by atoms with Crippen molar-refractivity contribution in [2.45, 2.75) is 13.1 Å². The standard InChI is InChI=1S/C17H19Cl2NO3/c1-21-15-7-5-12(16(22-2)17(15)23-3)10-20-9-11-4-6-13(18)14(19)8-11/h4-8,20H,9-10H2,1-3H3. The van der Waals surface area contributed by atoms with E-state index in [1.807, 2.05) is 24.3 Å². The third-order valence-electron chi connectivity index (χ3n) is 3.41. The smallest absolute Gasteiger partial charge is 0.203 e. The fourth-order valence-corrected chi connectivity index (χ4v) is 2.61. The lowest BCUT2D eigenvalue weighted by Gasteiger charge is -2.16. The molecule has 0 unspecified atom stereocenters. The monoisotopic (exact) mass is 355 g/mol. The van der Waals surface area contributed by atoms with Gasteiger partial charge in [-0.05, 0) is 23.8 Å². The van der Waals surface area contributed by atoms with Crippen molar-refractivity contribution in [1.29, 1.82) is 0 Å². The Bertz CT molecular complexity index is 677. The van der Waals surface area contributed by atoms with Gasteiger partial charge in [0, 0.05) is 18.7 Å². The molecular formula is C17H19Cl2NO3. The fraction of sp³-hybridized carbons (Fsp3) is 0.294. The van der Waals surface area contributed by atoms with Gasteiger partial charge in [-0.2, -0.15) is 0 Å². The van der Waals surface area contributed by atoms with Crippen molar-refractivity contribution in [2.24, 2.45) is 0 Å². The molecule has 0 radical (unpaired) electrons. The van der Waals surface area contributed by atoms with Gasteiger partial charge in [0.1, 0.15) is 0 Å². The molecule has 1 N–H and O–H groups in total. The summed E-state index contributed by atoms with van der Waals surface area (Å²) in [5.41, 5.74) is 2.03. The van der Waals surface area contributed by atoms with Gasteiger partial charge >= 0.3 is 0 Å². The molecule has 0 aliphatic rings. The van der Waals surface area contributed by atoms with Crippen LogP contribution < -0.4 is 19.5 Å². The highest BCUT2D eigenvalue weighted by atomic mass is 35.5. The first-order chi connectivity index (χ1) is 11.1. The highest BCUT2D eigenvalue weighted by molar-refractivity contribution is 6.42. The normalized spacial score (nSPS) is 10.5. The second-order valence-electron chi connectivity index (χ2n) is 4.85. The Kier molecular flexibility index (Phi) is 6.39. The van der Waals surface area contributed by atoms with Gasteiger partial charge in [-0.3, -0.25) is 0 Å². The molecule has 2 aromatic carbocycles. The first-order valence-corrected chi connectivity index (χ1v) is 7.78. The summed E-state index contributed by atoms with van der Waals surface area (Å²) >= 11 is 11.9. The van der Waals surface area contributed by atoms with Crippen LogP contribution in [0.2, 0.25) is 10.0 Å². The van der Waals surface area contributed by atoms with E-state index in [1.54, 1.807) is 27.4 Å². The Hall–Kier alpha value is -1.62. The van der Waals surface area contributed by atoms with E-state index in [4.69, 9.17) is 37.4 Å². The van der Waals surface area contributed by atoms with Crippen LogP contribution in [0.4, 0.5) is 0 Å². The van der Waals surface area contributed by atoms with Crippen molar-refractivity contribution in [3.63, 3.8) is 0 Å². The van der Waals surface area contributed by atoms with Gasteiger partial charge in [0.15, 0.2) is 11.5 Å². The van der Waals surface area contributed by atoms with Gasteiger partial charge in [0.05, 0.1) is 31.4 Å². The maximum absolute atomic E-state index is 6.02. The molecule has 0 saturated carbocycles. The third kappa shape index (κ3) is 4.22. The van der Waals surface area contributed by atoms with Crippen LogP contribution in [0.25, 0.3) is 0 Å². The van der Waals surface area contributed by atoms with Gasteiger partial charge in [-0.1, -0.05) is 35.3 Å². The summed E-state index contributed by atoms with van der Waals surface area (Å²) in [4.78, 5) is 0. The second-order valence-corrected chi connectivity index (χ2v) is 5.66. The van der Waals surface area contributed by atoms with Gasteiger partial charge < -0.3 is 19.5 Å². The quantitative estimate of drug-likeness (QED) is 0.803. The Labute approximate surface area is 146 Å². The van der Waals surface area contributed by atoms with Crippen LogP contribution in [0.3, 0.4) is 0 Å². The number of hydrogen-bond donors (Lipinski definition) is 1. The molecular weight excluding hydrogens is 337 g/mol. The molecule has 6 heteroatoms. The summed E-state index contributed by atoms with van der Waals surface area (Å²) in [6, 6.07) is 9.38. The molecule has 2 aromatic rings. The van der Waals surface area contributed by atoms with Crippen molar-refractivity contribution >= 4 is 23.2 Å². The lowest BCUT2D eigenvalue weighted by molar-refractivity contribution is 0.321. The number of ether oxygens (including phenoxy) is 3. The number of halogens is 2. The molecule has 124 valence electrons. The molecule has 0 saturated heterocycles. The van der Waals surface area contributed by atoms with E-state index in [-0.39, 0.29) is 0 Å². The Morgan fingerprint density at radius 3 is 2.17 bits per heavy atom. The summed E-state index contributed by atoms with van der Waals surface area (Å²) in [5.74, 6) is 1.88. The van der Waals surface area contributed by atoms with E-state index in [2.05, 4.69) is 5.32 Å². The first kappa shape index (κ1) is 17.7. The van der Waals surface area contributed by atoms with Crippen LogP contribution in [-0.2, 0) is 13.1 Å². The Morgan fingerprint density at radius 1 is 0.826 bits per heavy atom. The van der Waals surface area contributed by atoms with Crippen LogP contribution in [-0.4, -0.2) is 21.3 Å². The molecule has 4 nitrogen and oxygen atoms in total. The summed E-state index contributed by atoms with van der Waals surface area (Å²) in [7, 11) is 4.80. The zero-order valence-corrected chi connectivity index (χ0v) is 14.8. The van der Waals surface area contributed by atoms with E-state index in [0.29, 0.717) is 40.4 Å². The van der Waals surface area contributed by atoms with Crippen molar-refractivity contribution in [3.8, 4) is 17.2 Å². The van der Waals surface area contributed by atoms with Crippen LogP contribution >= 0.6 is 23.2 Å². The lowest BCUT2D eigenvalue weighted by Crippen LogP contribution is -2.13. The molecule has 0 amide bonds. The predicted molar refractivity (Wildman–Crippen MR) is 93.1 cm³/mol. The minimum absolute atomic E-state index is 0.551. The van der Waals surface area contributed by atoms with E-state index < -0.39 is 0 Å². The van der Waals surface area contributed by atoms with Crippen LogP contribution in [0, 0.1) is 0 Å². The fourth-order valence-electron chi connectivity index (χ4n) is 2.29. The highest BCUT2D eigenvalue weighted by Crippen LogP contribution is 2.39. The minimum Gasteiger partial charge on any atom is -0.493 e. The summed E-state index contributed by atoms with van der Waals surface area (Å²) in [5, 5.41) is 4.45. The molecule has 23 heavy (non-hydrogen) atoms. The first-order valence-electron chi connectivity index (χ1n) is 7.03. The second kappa shape index (κ2) is 8.29. The average Bonchev–Trinajstić information content (AvgIpc) is 2.57. The predicted octanol–water partition coefficient (Wildman–Crippen LogP) is 4.31. The van der Waals surface area contributed by atoms with Crippen LogP contribution in [0.1, 0.15) is 11.1 Å². The minimum atomic E-state index is 0.551. The van der Waals surface area contributed by atoms with Gasteiger partial charge in [0.2, 0.25) is 5.75 Å². The molecule has 0 heterocycles. The van der Waals surface area contributed by atoms with E-state index in [1.165, 1.54) is 0 Å². The zero-order valence-electron chi connectivity index (χ0n) is 13.3. The molecule has 0 spiro atoms. The van der Waals surface area contributed by atoms with E-state index in [9.17, 15) is 0 Å². The maximum atomic E-state index is 6.02. The molecule has 0 atom stereocenters. The van der Waals surface area contributed by atoms with E-state index in [0.717, 1.165) is 11.1 Å². The SMILES string of the molecule is COc1ccc(CNCc2ccc(Cl)c(Cl)c2)c(OC)c1OC. The van der Waals surface area contributed by atoms with Gasteiger partial charge in [0.25, 0.3) is 0 Å². The number of rotatable bonds is 7. The summed E-state index contributed by atoms with van der Waals surface area (Å²) < 4.78 is 16.1. The Morgan fingerprint density at radius 2 is 1.57 bits per heavy atom. The molecule has 0 bridgehead atoms. The highest BCUT2D eigenvalue weighted by Gasteiger charge is 2.15. The van der Waals surface area contributed by atoms with Crippen LogP contribution in [0.15, 0.2) is 30.3 Å². The van der Waals surface area contributed by atoms with Gasteiger partial charge in [-0.15, -0.1) is 0 Å². The summed E-state index contributed by atoms with van der Waals surface area (Å²) in [6.07, 6.45) is 0. The van der Waals surface area contributed by atoms with Crippen molar-refractivity contribution < 1.29 is 14.2 Å². The largest absolute Gasteiger partial charge is 0.493 e. The van der Waals surface area contributed by atoms with Gasteiger partial charge in [-0.25, -0.2) is 0 Å². The molecule has 0 aliphatic heterocycles. The average molecular weight is 356 g/mol. The molecule has 0 aromatic heterocycles. The molecule has 0 fully saturated rings. The summed E-state index contributed by atoms with van der Waals surface area (Å²) in [6.45, 7) is 1.28. The van der Waals surface area contributed by atoms with Crippen molar-refractivity contribution in [3.05, 3.63) is 51.5 Å². The molecule has 2 rings (SSSR count). The zero-order chi connectivity index (χ0) is 16.8. The Balaban J connectivity index is 2.09. The van der Waals surface area contributed by atoms with Crippen molar-refractivity contribution in [1.82, 2.24) is 5.32 Å². The number of hydrogen-bond acceptors (Lipinski definition) is 4. The van der Waals surface area contributed by atoms with Crippen LogP contribution in [0.5, 0.6) is 17.2 Å².